The standard InChI is InChI=1S/C19H23BrN2O3/c1-24-17-10-13(16(20)11-18(17)25-2)9-14(12-21)19(23)22-15-7-5-3-4-6-8-15/h9-11,15H,3-8H2,1-2H3,(H,22,23)/b14-9+. The van der Waals surface area contributed by atoms with Gasteiger partial charge in [0.1, 0.15) is 11.6 Å². The Kier molecular flexibility index (Phi) is 7.32. The zero-order chi connectivity index (χ0) is 18.2. The number of rotatable bonds is 5. The highest BCUT2D eigenvalue weighted by atomic mass is 79.9. The van der Waals surface area contributed by atoms with E-state index in [0.29, 0.717) is 17.1 Å². The van der Waals surface area contributed by atoms with Gasteiger partial charge in [-0.2, -0.15) is 5.26 Å². The van der Waals surface area contributed by atoms with Crippen LogP contribution in [0.5, 0.6) is 11.5 Å². The Morgan fingerprint density at radius 2 is 1.80 bits per heavy atom. The number of hydrogen-bond donors (Lipinski definition) is 1. The van der Waals surface area contributed by atoms with Crippen molar-refractivity contribution in [2.24, 2.45) is 0 Å². The highest BCUT2D eigenvalue weighted by Gasteiger charge is 2.18. The minimum Gasteiger partial charge on any atom is -0.493 e. The highest BCUT2D eigenvalue weighted by Crippen LogP contribution is 2.34. The van der Waals surface area contributed by atoms with E-state index in [0.717, 1.165) is 30.2 Å². The summed E-state index contributed by atoms with van der Waals surface area (Å²) in [5.41, 5.74) is 0.766. The second-order valence-corrected chi connectivity index (χ2v) is 6.91. The molecular weight excluding hydrogens is 384 g/mol. The molecule has 5 nitrogen and oxygen atoms in total. The molecule has 1 aliphatic carbocycles. The van der Waals surface area contributed by atoms with Gasteiger partial charge >= 0.3 is 0 Å². The summed E-state index contributed by atoms with van der Waals surface area (Å²) < 4.78 is 11.2. The first-order valence-corrected chi connectivity index (χ1v) is 9.22. The minimum atomic E-state index is -0.323. The molecule has 0 atom stereocenters. The summed E-state index contributed by atoms with van der Waals surface area (Å²) in [6, 6.07) is 5.65. The number of carbonyl (C=O) groups excluding carboxylic acids is 1. The third-order valence-corrected chi connectivity index (χ3v) is 5.04. The van der Waals surface area contributed by atoms with Crippen molar-refractivity contribution in [3.8, 4) is 17.6 Å². The summed E-state index contributed by atoms with van der Waals surface area (Å²) in [7, 11) is 3.10. The lowest BCUT2D eigenvalue weighted by molar-refractivity contribution is -0.117. The van der Waals surface area contributed by atoms with E-state index in [-0.39, 0.29) is 17.5 Å². The van der Waals surface area contributed by atoms with Gasteiger partial charge in [-0.3, -0.25) is 4.79 Å². The molecule has 0 bridgehead atoms. The van der Waals surface area contributed by atoms with Crippen LogP contribution < -0.4 is 14.8 Å². The lowest BCUT2D eigenvalue weighted by Gasteiger charge is -2.16. The van der Waals surface area contributed by atoms with E-state index >= 15 is 0 Å². The van der Waals surface area contributed by atoms with Crippen molar-refractivity contribution < 1.29 is 14.3 Å². The molecule has 2 rings (SSSR count). The third-order valence-electron chi connectivity index (χ3n) is 4.36. The molecule has 0 unspecified atom stereocenters. The molecule has 1 fully saturated rings. The lowest BCUT2D eigenvalue weighted by Crippen LogP contribution is -2.35. The first-order valence-electron chi connectivity index (χ1n) is 8.43. The maximum atomic E-state index is 12.5. The Labute approximate surface area is 157 Å². The second-order valence-electron chi connectivity index (χ2n) is 6.06. The highest BCUT2D eigenvalue weighted by molar-refractivity contribution is 9.10. The molecule has 134 valence electrons. The molecule has 0 saturated heterocycles. The molecule has 1 aliphatic rings. The number of hydrogen-bond acceptors (Lipinski definition) is 4. The Morgan fingerprint density at radius 3 is 2.36 bits per heavy atom. The van der Waals surface area contributed by atoms with Crippen molar-refractivity contribution in [2.45, 2.75) is 44.6 Å². The summed E-state index contributed by atoms with van der Waals surface area (Å²) in [6.07, 6.45) is 8.19. The normalized spacial score (nSPS) is 15.8. The van der Waals surface area contributed by atoms with Crippen LogP contribution in [0.4, 0.5) is 0 Å². The van der Waals surface area contributed by atoms with E-state index in [1.807, 2.05) is 6.07 Å². The molecule has 1 amide bonds. The maximum absolute atomic E-state index is 12.5. The van der Waals surface area contributed by atoms with Crippen LogP contribution in [0.15, 0.2) is 22.2 Å². The first-order chi connectivity index (χ1) is 12.1. The largest absolute Gasteiger partial charge is 0.493 e. The van der Waals surface area contributed by atoms with E-state index in [4.69, 9.17) is 9.47 Å². The topological polar surface area (TPSA) is 71.3 Å². The van der Waals surface area contributed by atoms with Crippen LogP contribution in [0.3, 0.4) is 0 Å². The first kappa shape index (κ1) is 19.3. The SMILES string of the molecule is COc1cc(Br)c(/C=C(\C#N)C(=O)NC2CCCCCC2)cc1OC. The number of nitriles is 1. The van der Waals surface area contributed by atoms with E-state index < -0.39 is 0 Å². The molecule has 1 N–H and O–H groups in total. The predicted molar refractivity (Wildman–Crippen MR) is 100 cm³/mol. The van der Waals surface area contributed by atoms with Crippen LogP contribution in [0.1, 0.15) is 44.1 Å². The monoisotopic (exact) mass is 406 g/mol. The van der Waals surface area contributed by atoms with Crippen molar-refractivity contribution in [2.75, 3.05) is 14.2 Å². The maximum Gasteiger partial charge on any atom is 0.262 e. The Balaban J connectivity index is 2.21. The molecule has 0 aliphatic heterocycles. The number of nitrogens with zero attached hydrogens (tertiary/aromatic N) is 1. The van der Waals surface area contributed by atoms with Crippen molar-refractivity contribution in [1.29, 1.82) is 5.26 Å². The molecule has 0 spiro atoms. The van der Waals surface area contributed by atoms with Gasteiger partial charge in [0.2, 0.25) is 0 Å². The zero-order valence-corrected chi connectivity index (χ0v) is 16.2. The fourth-order valence-electron chi connectivity index (χ4n) is 2.97. The van der Waals surface area contributed by atoms with Crippen molar-refractivity contribution >= 4 is 27.9 Å². The quantitative estimate of drug-likeness (QED) is 0.451. The Hall–Kier alpha value is -2.00. The summed E-state index contributed by atoms with van der Waals surface area (Å²) in [6.45, 7) is 0. The number of benzene rings is 1. The number of methoxy groups -OCH3 is 2. The minimum absolute atomic E-state index is 0.0807. The van der Waals surface area contributed by atoms with Gasteiger partial charge in [0.15, 0.2) is 11.5 Å². The Bertz CT molecular complexity index is 687. The van der Waals surface area contributed by atoms with Crippen LogP contribution in [0, 0.1) is 11.3 Å². The summed E-state index contributed by atoms with van der Waals surface area (Å²) in [4.78, 5) is 12.5. The lowest BCUT2D eigenvalue weighted by atomic mass is 10.1. The average Bonchev–Trinajstić information content (AvgIpc) is 2.88. The van der Waals surface area contributed by atoms with Crippen molar-refractivity contribution in [3.63, 3.8) is 0 Å². The molecule has 1 aromatic rings. The molecule has 0 aromatic heterocycles. The fourth-order valence-corrected chi connectivity index (χ4v) is 3.41. The summed E-state index contributed by atoms with van der Waals surface area (Å²) in [5.74, 6) is 0.794. The molecule has 0 radical (unpaired) electrons. The molecule has 1 aromatic carbocycles. The van der Waals surface area contributed by atoms with Crippen molar-refractivity contribution in [3.05, 3.63) is 27.7 Å². The third kappa shape index (κ3) is 5.23. The summed E-state index contributed by atoms with van der Waals surface area (Å²) >= 11 is 3.45. The van der Waals surface area contributed by atoms with Crippen LogP contribution in [-0.2, 0) is 4.79 Å². The van der Waals surface area contributed by atoms with Gasteiger partial charge in [-0.05, 0) is 36.6 Å². The zero-order valence-electron chi connectivity index (χ0n) is 14.6. The van der Waals surface area contributed by atoms with E-state index in [2.05, 4.69) is 21.2 Å². The Morgan fingerprint density at radius 1 is 1.20 bits per heavy atom. The molecular formula is C19H23BrN2O3. The smallest absolute Gasteiger partial charge is 0.262 e. The number of carbonyl (C=O) groups is 1. The van der Waals surface area contributed by atoms with Crippen LogP contribution >= 0.6 is 15.9 Å². The van der Waals surface area contributed by atoms with Gasteiger partial charge < -0.3 is 14.8 Å². The molecule has 6 heteroatoms. The number of nitrogens with one attached hydrogen (secondary N) is 1. The predicted octanol–water partition coefficient (Wildman–Crippen LogP) is 4.21. The average molecular weight is 407 g/mol. The van der Waals surface area contributed by atoms with Crippen LogP contribution in [0.25, 0.3) is 6.08 Å². The fraction of sp³-hybridized carbons (Fsp3) is 0.474. The van der Waals surface area contributed by atoms with E-state index in [1.165, 1.54) is 12.8 Å². The molecule has 0 heterocycles. The van der Waals surface area contributed by atoms with Crippen molar-refractivity contribution in [1.82, 2.24) is 5.32 Å². The number of halogens is 1. The molecule has 1 saturated carbocycles. The van der Waals surface area contributed by atoms with Gasteiger partial charge in [0.05, 0.1) is 14.2 Å². The summed E-state index contributed by atoms with van der Waals surface area (Å²) in [5, 5.41) is 12.4. The van der Waals surface area contributed by atoms with Crippen LogP contribution in [0.2, 0.25) is 0 Å². The van der Waals surface area contributed by atoms with Gasteiger partial charge in [0, 0.05) is 10.5 Å². The van der Waals surface area contributed by atoms with Gasteiger partial charge in [0.25, 0.3) is 5.91 Å². The number of ether oxygens (including phenoxy) is 2. The van der Waals surface area contributed by atoms with E-state index in [9.17, 15) is 10.1 Å². The number of amides is 1. The van der Waals surface area contributed by atoms with Crippen LogP contribution in [-0.4, -0.2) is 26.2 Å². The van der Waals surface area contributed by atoms with Gasteiger partial charge in [-0.1, -0.05) is 41.6 Å². The second kappa shape index (κ2) is 9.47. The van der Waals surface area contributed by atoms with Gasteiger partial charge in [-0.25, -0.2) is 0 Å². The van der Waals surface area contributed by atoms with Gasteiger partial charge in [-0.15, -0.1) is 0 Å². The van der Waals surface area contributed by atoms with E-state index in [1.54, 1.807) is 32.4 Å². The molecule has 25 heavy (non-hydrogen) atoms.